The smallest absolute Gasteiger partial charge is 0.0838 e. The largest absolute Gasteiger partial charge is 0.244 e. The van der Waals surface area contributed by atoms with Gasteiger partial charge in [0.15, 0.2) is 0 Å². The van der Waals surface area contributed by atoms with Gasteiger partial charge in [0, 0.05) is 10.3 Å². The molecule has 2 atom stereocenters. The molecule has 116 valence electrons. The lowest BCUT2D eigenvalue weighted by molar-refractivity contribution is 0.469. The fourth-order valence-corrected chi connectivity index (χ4v) is 6.48. The average Bonchev–Trinajstić information content (AvgIpc) is 2.47. The highest BCUT2D eigenvalue weighted by molar-refractivity contribution is 7.94. The van der Waals surface area contributed by atoms with Crippen molar-refractivity contribution in [1.29, 1.82) is 0 Å². The molecule has 1 unspecified atom stereocenters. The lowest BCUT2D eigenvalue weighted by atomic mass is 9.79. The van der Waals surface area contributed by atoms with E-state index < -0.39 is 9.73 Å². The Morgan fingerprint density at radius 3 is 2.36 bits per heavy atom. The summed E-state index contributed by atoms with van der Waals surface area (Å²) in [7, 11) is -2.47. The van der Waals surface area contributed by atoms with Crippen LogP contribution in [0.25, 0.3) is 0 Å². The predicted molar refractivity (Wildman–Crippen MR) is 93.2 cm³/mol. The second kappa shape index (κ2) is 5.24. The fourth-order valence-electron chi connectivity index (χ4n) is 3.57. The molecule has 0 amide bonds. The third-order valence-corrected chi connectivity index (χ3v) is 7.86. The van der Waals surface area contributed by atoms with E-state index in [0.29, 0.717) is 0 Å². The minimum absolute atomic E-state index is 0.0117. The molecule has 2 aromatic rings. The van der Waals surface area contributed by atoms with Gasteiger partial charge in [-0.15, -0.1) is 0 Å². The van der Waals surface area contributed by atoms with Crippen molar-refractivity contribution in [1.82, 2.24) is 0 Å². The fraction of sp³-hybridized carbons (Fsp3) is 0.368. The number of nitrogens with zero attached hydrogens (tertiary/aromatic N) is 1. The number of fused-ring (bicyclic) bond motifs is 1. The summed E-state index contributed by atoms with van der Waals surface area (Å²) in [4.78, 5) is 0.854. The Bertz CT molecular complexity index is 812. The Balaban J connectivity index is 2.32. The summed E-state index contributed by atoms with van der Waals surface area (Å²) >= 11 is 0. The van der Waals surface area contributed by atoms with Crippen LogP contribution in [0.4, 0.5) is 5.69 Å². The van der Waals surface area contributed by atoms with Gasteiger partial charge in [-0.2, -0.15) is 4.36 Å². The monoisotopic (exact) mass is 313 g/mol. The highest BCUT2D eigenvalue weighted by Crippen LogP contribution is 2.46. The third-order valence-electron chi connectivity index (χ3n) is 4.75. The van der Waals surface area contributed by atoms with Crippen LogP contribution in [0.1, 0.15) is 38.3 Å². The Hall–Kier alpha value is -1.61. The number of benzene rings is 2. The zero-order valence-electron chi connectivity index (χ0n) is 13.7. The summed E-state index contributed by atoms with van der Waals surface area (Å²) in [5.41, 5.74) is 3.10. The third kappa shape index (κ3) is 2.19. The van der Waals surface area contributed by atoms with Crippen molar-refractivity contribution >= 4 is 15.4 Å². The van der Waals surface area contributed by atoms with E-state index in [9.17, 15) is 4.21 Å². The van der Waals surface area contributed by atoms with Gasteiger partial charge in [-0.1, -0.05) is 56.7 Å². The van der Waals surface area contributed by atoms with Crippen molar-refractivity contribution in [2.75, 3.05) is 0 Å². The van der Waals surface area contributed by atoms with E-state index in [4.69, 9.17) is 4.36 Å². The summed E-state index contributed by atoms with van der Waals surface area (Å²) in [6.07, 6.45) is 0.845. The molecule has 0 aromatic heterocycles. The van der Waals surface area contributed by atoms with Crippen molar-refractivity contribution in [3.8, 4) is 0 Å². The SMILES string of the molecule is CC[C@H]1C(C)(C)c2ccccc2N=S1(=O)c1ccc(C)cc1. The molecule has 0 saturated carbocycles. The molecular weight excluding hydrogens is 290 g/mol. The van der Waals surface area contributed by atoms with E-state index in [0.717, 1.165) is 17.0 Å². The van der Waals surface area contributed by atoms with Gasteiger partial charge < -0.3 is 0 Å². The van der Waals surface area contributed by atoms with Gasteiger partial charge in [-0.3, -0.25) is 0 Å². The summed E-state index contributed by atoms with van der Waals surface area (Å²) < 4.78 is 18.6. The van der Waals surface area contributed by atoms with Gasteiger partial charge in [-0.25, -0.2) is 4.21 Å². The first-order valence-corrected chi connectivity index (χ1v) is 9.39. The first kappa shape index (κ1) is 15.3. The number of hydrogen-bond donors (Lipinski definition) is 0. The summed E-state index contributed by atoms with van der Waals surface area (Å²) in [5, 5.41) is 0.0117. The quantitative estimate of drug-likeness (QED) is 0.747. The van der Waals surface area contributed by atoms with E-state index in [1.54, 1.807) is 0 Å². The maximum Gasteiger partial charge on any atom is 0.0838 e. The first-order valence-electron chi connectivity index (χ1n) is 7.82. The van der Waals surface area contributed by atoms with E-state index >= 15 is 0 Å². The van der Waals surface area contributed by atoms with Crippen molar-refractivity contribution in [2.45, 2.75) is 49.7 Å². The summed E-state index contributed by atoms with van der Waals surface area (Å²) in [6.45, 7) is 8.56. The Kier molecular flexibility index (Phi) is 3.64. The van der Waals surface area contributed by atoms with Crippen LogP contribution < -0.4 is 0 Å². The van der Waals surface area contributed by atoms with Crippen LogP contribution in [0.15, 0.2) is 57.8 Å². The molecule has 0 N–H and O–H groups in total. The first-order chi connectivity index (χ1) is 10.4. The van der Waals surface area contributed by atoms with Gasteiger partial charge in [0.2, 0.25) is 0 Å². The van der Waals surface area contributed by atoms with E-state index in [-0.39, 0.29) is 10.7 Å². The molecule has 0 saturated heterocycles. The van der Waals surface area contributed by atoms with Crippen LogP contribution in [-0.2, 0) is 15.1 Å². The van der Waals surface area contributed by atoms with Crippen molar-refractivity contribution in [2.24, 2.45) is 4.36 Å². The minimum atomic E-state index is -2.47. The predicted octanol–water partition coefficient (Wildman–Crippen LogP) is 5.22. The average molecular weight is 313 g/mol. The molecule has 1 aliphatic rings. The Morgan fingerprint density at radius 2 is 1.73 bits per heavy atom. The molecule has 22 heavy (non-hydrogen) atoms. The van der Waals surface area contributed by atoms with Crippen LogP contribution in [-0.4, -0.2) is 9.46 Å². The second-order valence-electron chi connectivity index (χ2n) is 6.61. The zero-order chi connectivity index (χ0) is 16.0. The number of hydrogen-bond acceptors (Lipinski definition) is 2. The molecular formula is C19H23NOS. The van der Waals surface area contributed by atoms with Gasteiger partial charge in [0.25, 0.3) is 0 Å². The second-order valence-corrected chi connectivity index (χ2v) is 8.97. The minimum Gasteiger partial charge on any atom is -0.244 e. The maximum absolute atomic E-state index is 13.9. The Morgan fingerprint density at radius 1 is 1.09 bits per heavy atom. The van der Waals surface area contributed by atoms with Crippen LogP contribution in [0.2, 0.25) is 0 Å². The summed E-state index contributed by atoms with van der Waals surface area (Å²) in [6, 6.07) is 16.1. The molecule has 3 heteroatoms. The lowest BCUT2D eigenvalue weighted by Gasteiger charge is -2.40. The molecule has 3 rings (SSSR count). The van der Waals surface area contributed by atoms with Crippen LogP contribution in [0, 0.1) is 6.92 Å². The van der Waals surface area contributed by atoms with E-state index in [2.05, 4.69) is 26.8 Å². The molecule has 0 bridgehead atoms. The summed E-state index contributed by atoms with van der Waals surface area (Å²) in [5.74, 6) is 0. The normalized spacial score (nSPS) is 26.1. The number of aryl methyl sites for hydroxylation is 1. The lowest BCUT2D eigenvalue weighted by Crippen LogP contribution is -2.41. The van der Waals surface area contributed by atoms with E-state index in [1.165, 1.54) is 11.1 Å². The van der Waals surface area contributed by atoms with E-state index in [1.807, 2.05) is 49.4 Å². The molecule has 0 radical (unpaired) electrons. The molecule has 1 heterocycles. The standard InChI is InChI=1S/C19H23NOS/c1-5-18-19(3,4)16-8-6-7-9-17(16)20-22(18,21)15-12-10-14(2)11-13-15/h6-13,18H,5H2,1-4H3/t18-,22?/m0/s1. The highest BCUT2D eigenvalue weighted by atomic mass is 32.2. The molecule has 2 aromatic carbocycles. The zero-order valence-corrected chi connectivity index (χ0v) is 14.5. The number of rotatable bonds is 2. The van der Waals surface area contributed by atoms with Crippen molar-refractivity contribution < 1.29 is 4.21 Å². The van der Waals surface area contributed by atoms with Crippen LogP contribution in [0.5, 0.6) is 0 Å². The molecule has 0 aliphatic carbocycles. The highest BCUT2D eigenvalue weighted by Gasteiger charge is 2.43. The van der Waals surface area contributed by atoms with Gasteiger partial charge in [0.1, 0.15) is 0 Å². The van der Waals surface area contributed by atoms with Crippen LogP contribution >= 0.6 is 0 Å². The van der Waals surface area contributed by atoms with Crippen molar-refractivity contribution in [3.63, 3.8) is 0 Å². The molecule has 1 aliphatic heterocycles. The maximum atomic E-state index is 13.9. The molecule has 2 nitrogen and oxygen atoms in total. The molecule has 0 spiro atoms. The van der Waals surface area contributed by atoms with Gasteiger partial charge >= 0.3 is 0 Å². The Labute approximate surface area is 133 Å². The molecule has 0 fully saturated rings. The van der Waals surface area contributed by atoms with Gasteiger partial charge in [0.05, 0.1) is 20.7 Å². The van der Waals surface area contributed by atoms with Crippen molar-refractivity contribution in [3.05, 3.63) is 59.7 Å². The topological polar surface area (TPSA) is 29.4 Å². The van der Waals surface area contributed by atoms with Crippen LogP contribution in [0.3, 0.4) is 0 Å². The van der Waals surface area contributed by atoms with Gasteiger partial charge in [-0.05, 0) is 37.1 Å².